The van der Waals surface area contributed by atoms with Gasteiger partial charge in [0, 0.05) is 11.6 Å². The van der Waals surface area contributed by atoms with Crippen LogP contribution in [0.25, 0.3) is 0 Å². The Balaban J connectivity index is 2.28. The number of halogens is 4. The number of ether oxygens (including phenoxy) is 2. The molecular formula is C18H13ClF3NO7. The van der Waals surface area contributed by atoms with E-state index in [4.69, 9.17) is 21.4 Å². The molecule has 0 radical (unpaired) electrons. The van der Waals surface area contributed by atoms with E-state index in [-0.39, 0.29) is 22.1 Å². The van der Waals surface area contributed by atoms with Gasteiger partial charge >= 0.3 is 18.1 Å². The molecule has 160 valence electrons. The number of alkyl halides is 3. The van der Waals surface area contributed by atoms with Crippen molar-refractivity contribution in [3.8, 4) is 11.5 Å². The Labute approximate surface area is 171 Å². The molecule has 0 fully saturated rings. The summed E-state index contributed by atoms with van der Waals surface area (Å²) in [6, 6.07) is 5.69. The number of nitro groups is 1. The zero-order chi connectivity index (χ0) is 22.6. The Kier molecular flexibility index (Phi) is 6.88. The Hall–Kier alpha value is -3.34. The van der Waals surface area contributed by atoms with Crippen molar-refractivity contribution in [1.29, 1.82) is 0 Å². The van der Waals surface area contributed by atoms with Gasteiger partial charge in [-0.2, -0.15) is 13.2 Å². The number of esters is 1. The number of rotatable bonds is 7. The summed E-state index contributed by atoms with van der Waals surface area (Å²) >= 11 is 5.82. The van der Waals surface area contributed by atoms with Crippen molar-refractivity contribution in [3.63, 3.8) is 0 Å². The van der Waals surface area contributed by atoms with Crippen molar-refractivity contribution in [1.82, 2.24) is 0 Å². The highest BCUT2D eigenvalue weighted by atomic mass is 35.5. The van der Waals surface area contributed by atoms with Gasteiger partial charge < -0.3 is 14.6 Å². The van der Waals surface area contributed by atoms with Crippen LogP contribution in [0.4, 0.5) is 18.9 Å². The first-order chi connectivity index (χ1) is 13.9. The van der Waals surface area contributed by atoms with Crippen molar-refractivity contribution in [2.45, 2.75) is 25.6 Å². The summed E-state index contributed by atoms with van der Waals surface area (Å²) in [5.74, 6) is -2.62. The van der Waals surface area contributed by atoms with Crippen LogP contribution in [-0.2, 0) is 26.9 Å². The first kappa shape index (κ1) is 22.9. The minimum Gasteiger partial charge on any atom is -0.479 e. The van der Waals surface area contributed by atoms with Gasteiger partial charge in [0.2, 0.25) is 0 Å². The molecule has 0 aliphatic heterocycles. The second-order valence-electron chi connectivity index (χ2n) is 5.94. The standard InChI is InChI=1S/C18H13ClF3NO7/c1-9(17(25)26)29-16(24)7-10-6-12(3-4-14(10)23(27)28)30-15-5-2-11(8-13(15)19)18(20,21)22/h2-6,8-9H,7H2,1H3,(H,25,26). The van der Waals surface area contributed by atoms with Crippen LogP contribution in [0, 0.1) is 10.1 Å². The third-order valence-corrected chi connectivity index (χ3v) is 4.02. The summed E-state index contributed by atoms with van der Waals surface area (Å²) in [6.45, 7) is 1.11. The summed E-state index contributed by atoms with van der Waals surface area (Å²) in [5.41, 5.74) is -1.59. The van der Waals surface area contributed by atoms with Crippen LogP contribution in [0.3, 0.4) is 0 Å². The largest absolute Gasteiger partial charge is 0.479 e. The smallest absolute Gasteiger partial charge is 0.416 e. The van der Waals surface area contributed by atoms with Gasteiger partial charge in [-0.3, -0.25) is 14.9 Å². The SMILES string of the molecule is CC(OC(=O)Cc1cc(Oc2ccc(C(F)(F)F)cc2Cl)ccc1[N+](=O)[O-])C(=O)O. The van der Waals surface area contributed by atoms with Gasteiger partial charge in [-0.1, -0.05) is 11.6 Å². The lowest BCUT2D eigenvalue weighted by Crippen LogP contribution is -2.24. The molecule has 1 N–H and O–H groups in total. The molecule has 2 aromatic rings. The van der Waals surface area contributed by atoms with Gasteiger partial charge in [0.1, 0.15) is 11.5 Å². The number of hydrogen-bond acceptors (Lipinski definition) is 6. The number of hydrogen-bond donors (Lipinski definition) is 1. The molecule has 0 bridgehead atoms. The molecule has 2 aromatic carbocycles. The molecule has 2 rings (SSSR count). The lowest BCUT2D eigenvalue weighted by atomic mass is 10.1. The Bertz CT molecular complexity index is 994. The predicted molar refractivity (Wildman–Crippen MR) is 96.5 cm³/mol. The molecule has 0 aliphatic carbocycles. The van der Waals surface area contributed by atoms with Gasteiger partial charge in [0.05, 0.1) is 21.9 Å². The molecular weight excluding hydrogens is 435 g/mol. The lowest BCUT2D eigenvalue weighted by Gasteiger charge is -2.12. The second kappa shape index (κ2) is 8.99. The molecule has 0 spiro atoms. The van der Waals surface area contributed by atoms with Crippen molar-refractivity contribution >= 4 is 29.2 Å². The first-order valence-corrected chi connectivity index (χ1v) is 8.50. The topological polar surface area (TPSA) is 116 Å². The van der Waals surface area contributed by atoms with Crippen molar-refractivity contribution in [2.75, 3.05) is 0 Å². The van der Waals surface area contributed by atoms with Crippen LogP contribution >= 0.6 is 11.6 Å². The molecule has 0 aliphatic rings. The lowest BCUT2D eigenvalue weighted by molar-refractivity contribution is -0.385. The normalized spacial score (nSPS) is 12.2. The molecule has 0 amide bonds. The molecule has 1 unspecified atom stereocenters. The van der Waals surface area contributed by atoms with Gasteiger partial charge in [-0.25, -0.2) is 4.79 Å². The molecule has 12 heteroatoms. The Morgan fingerprint density at radius 3 is 2.43 bits per heavy atom. The van der Waals surface area contributed by atoms with Gasteiger partial charge in [0.25, 0.3) is 5.69 Å². The predicted octanol–water partition coefficient (Wildman–Crippen LogP) is 4.62. The third kappa shape index (κ3) is 5.83. The number of nitro benzene ring substituents is 1. The summed E-state index contributed by atoms with van der Waals surface area (Å²) < 4.78 is 48.2. The quantitative estimate of drug-likeness (QED) is 0.374. The number of carbonyl (C=O) groups is 2. The van der Waals surface area contributed by atoms with E-state index in [1.54, 1.807) is 0 Å². The number of nitrogens with zero attached hydrogens (tertiary/aromatic N) is 1. The van der Waals surface area contributed by atoms with Gasteiger partial charge in [0.15, 0.2) is 6.10 Å². The molecule has 8 nitrogen and oxygen atoms in total. The van der Waals surface area contributed by atoms with E-state index in [9.17, 15) is 32.9 Å². The van der Waals surface area contributed by atoms with E-state index in [0.29, 0.717) is 6.07 Å². The van der Waals surface area contributed by atoms with Crippen LogP contribution in [0.15, 0.2) is 36.4 Å². The second-order valence-corrected chi connectivity index (χ2v) is 6.35. The molecule has 0 heterocycles. The number of carboxylic acids is 1. The molecule has 30 heavy (non-hydrogen) atoms. The molecule has 0 saturated heterocycles. The van der Waals surface area contributed by atoms with Crippen LogP contribution in [0.2, 0.25) is 5.02 Å². The summed E-state index contributed by atoms with van der Waals surface area (Å²) in [4.78, 5) is 33.0. The minimum absolute atomic E-state index is 0.0451. The average molecular weight is 448 g/mol. The highest BCUT2D eigenvalue weighted by molar-refractivity contribution is 6.32. The summed E-state index contributed by atoms with van der Waals surface area (Å²) in [7, 11) is 0. The average Bonchev–Trinajstić information content (AvgIpc) is 2.62. The molecule has 0 aromatic heterocycles. The Morgan fingerprint density at radius 1 is 1.23 bits per heavy atom. The maximum Gasteiger partial charge on any atom is 0.416 e. The van der Waals surface area contributed by atoms with Gasteiger partial charge in [-0.05, 0) is 37.3 Å². The van der Waals surface area contributed by atoms with E-state index < -0.39 is 46.8 Å². The van der Waals surface area contributed by atoms with E-state index in [0.717, 1.165) is 31.2 Å². The molecule has 0 saturated carbocycles. The number of aliphatic carboxylic acids is 1. The van der Waals surface area contributed by atoms with Crippen LogP contribution < -0.4 is 4.74 Å². The van der Waals surface area contributed by atoms with Crippen molar-refractivity contribution in [3.05, 3.63) is 62.7 Å². The highest BCUT2D eigenvalue weighted by Gasteiger charge is 2.31. The highest BCUT2D eigenvalue weighted by Crippen LogP contribution is 2.37. The fourth-order valence-electron chi connectivity index (χ4n) is 2.28. The summed E-state index contributed by atoms with van der Waals surface area (Å²) in [6.07, 6.45) is -6.69. The van der Waals surface area contributed by atoms with E-state index >= 15 is 0 Å². The number of benzene rings is 2. The fourth-order valence-corrected chi connectivity index (χ4v) is 2.50. The Morgan fingerprint density at radius 2 is 1.90 bits per heavy atom. The number of carbonyl (C=O) groups excluding carboxylic acids is 1. The van der Waals surface area contributed by atoms with Gasteiger partial charge in [-0.15, -0.1) is 0 Å². The van der Waals surface area contributed by atoms with Crippen LogP contribution in [-0.4, -0.2) is 28.1 Å². The first-order valence-electron chi connectivity index (χ1n) is 8.12. The zero-order valence-electron chi connectivity index (χ0n) is 15.1. The maximum atomic E-state index is 12.7. The van der Waals surface area contributed by atoms with Crippen LogP contribution in [0.5, 0.6) is 11.5 Å². The van der Waals surface area contributed by atoms with E-state index in [1.165, 1.54) is 6.07 Å². The van der Waals surface area contributed by atoms with Crippen LogP contribution in [0.1, 0.15) is 18.1 Å². The third-order valence-electron chi connectivity index (χ3n) is 3.73. The molecule has 1 atom stereocenters. The summed E-state index contributed by atoms with van der Waals surface area (Å²) in [5, 5.41) is 19.6. The van der Waals surface area contributed by atoms with E-state index in [2.05, 4.69) is 4.74 Å². The van der Waals surface area contributed by atoms with Crippen molar-refractivity contribution < 1.29 is 42.3 Å². The van der Waals surface area contributed by atoms with Crippen molar-refractivity contribution in [2.24, 2.45) is 0 Å². The fraction of sp³-hybridized carbons (Fsp3) is 0.222. The van der Waals surface area contributed by atoms with E-state index in [1.807, 2.05) is 0 Å². The maximum absolute atomic E-state index is 12.7. The minimum atomic E-state index is -4.60. The zero-order valence-corrected chi connectivity index (χ0v) is 15.9. The monoisotopic (exact) mass is 447 g/mol. The number of carboxylic acid groups (broad SMARTS) is 1.